The van der Waals surface area contributed by atoms with Crippen molar-refractivity contribution in [3.8, 4) is 0 Å². The van der Waals surface area contributed by atoms with E-state index in [-0.39, 0.29) is 0 Å². The van der Waals surface area contributed by atoms with E-state index in [1.807, 2.05) is 5.16 Å². The SMILES string of the molecule is S=C=N[NH+]=C=S. The lowest BCUT2D eigenvalue weighted by Crippen LogP contribution is -2.58. The Morgan fingerprint density at radius 3 is 2.33 bits per heavy atom. The minimum absolute atomic E-state index is 2.04. The number of thiocarbonyl (C=S) groups is 2. The molecule has 0 radical (unpaired) electrons. The van der Waals surface area contributed by atoms with Crippen molar-refractivity contribution in [2.24, 2.45) is 5.10 Å². The molecular formula is C2HN2S2+. The molecular weight excluding hydrogens is 116 g/mol. The molecule has 4 heteroatoms. The number of nitrogens with zero attached hydrogens (tertiary/aromatic N) is 1. The van der Waals surface area contributed by atoms with Crippen molar-refractivity contribution >= 4 is 34.8 Å². The molecule has 0 aliphatic heterocycles. The molecule has 0 aromatic heterocycles. The Hall–Kier alpha value is -0.400. The average Bonchev–Trinajstić information content (AvgIpc) is 1.61. The standard InChI is InChI=1S/C2N2S2/c5-1-3-4-2-6/p+1. The Kier molecular flexibility index (Phi) is 4.29. The van der Waals surface area contributed by atoms with Crippen LogP contribution in [0.3, 0.4) is 0 Å². The van der Waals surface area contributed by atoms with Gasteiger partial charge in [-0.15, -0.1) is 0 Å². The summed E-state index contributed by atoms with van der Waals surface area (Å²) in [5.74, 6) is 0. The second-order valence-electron chi connectivity index (χ2n) is 0.417. The van der Waals surface area contributed by atoms with Crippen LogP contribution in [0.4, 0.5) is 0 Å². The maximum Gasteiger partial charge on any atom is 0.281 e. The van der Waals surface area contributed by atoms with Crippen LogP contribution in [0.1, 0.15) is 0 Å². The molecule has 0 aliphatic carbocycles. The number of rotatable bonds is 1. The average molecular weight is 117 g/mol. The summed E-state index contributed by atoms with van der Waals surface area (Å²) in [6.45, 7) is 0. The van der Waals surface area contributed by atoms with Crippen LogP contribution in [0.25, 0.3) is 0 Å². The van der Waals surface area contributed by atoms with E-state index in [0.717, 1.165) is 0 Å². The lowest BCUT2D eigenvalue weighted by atomic mass is 11.6. The summed E-state index contributed by atoms with van der Waals surface area (Å²) in [4.78, 5) is 0. The van der Waals surface area contributed by atoms with Crippen LogP contribution in [-0.2, 0) is 0 Å². The zero-order valence-corrected chi connectivity index (χ0v) is 4.40. The second kappa shape index (κ2) is 4.60. The van der Waals surface area contributed by atoms with E-state index in [9.17, 15) is 0 Å². The fourth-order valence-corrected chi connectivity index (χ4v) is 0.137. The molecule has 0 saturated heterocycles. The van der Waals surface area contributed by atoms with E-state index in [2.05, 4.69) is 39.8 Å². The molecule has 0 atom stereocenters. The highest BCUT2D eigenvalue weighted by atomic mass is 32.1. The smallest absolute Gasteiger partial charge is 0.0377 e. The molecule has 0 saturated carbocycles. The minimum Gasteiger partial charge on any atom is -0.0377 e. The molecule has 30 valence electrons. The normalized spacial score (nSPS) is 4.67. The van der Waals surface area contributed by atoms with E-state index in [4.69, 9.17) is 0 Å². The third-order valence-electron chi connectivity index (χ3n) is 0.147. The maximum absolute atomic E-state index is 4.18. The summed E-state index contributed by atoms with van der Waals surface area (Å²) in [5, 5.41) is 9.51. The fourth-order valence-electron chi connectivity index (χ4n) is 0.0456. The van der Waals surface area contributed by atoms with Gasteiger partial charge in [-0.25, -0.2) is 0 Å². The Morgan fingerprint density at radius 2 is 2.17 bits per heavy atom. The van der Waals surface area contributed by atoms with Crippen LogP contribution >= 0.6 is 24.4 Å². The van der Waals surface area contributed by atoms with Crippen molar-refractivity contribution in [3.05, 3.63) is 0 Å². The lowest BCUT2D eigenvalue weighted by Gasteiger charge is -1.39. The largest absolute Gasteiger partial charge is 0.281 e. The molecule has 0 amide bonds. The van der Waals surface area contributed by atoms with Crippen molar-refractivity contribution in [2.75, 3.05) is 0 Å². The van der Waals surface area contributed by atoms with E-state index in [1.165, 1.54) is 0 Å². The molecule has 0 aromatic rings. The molecule has 0 aliphatic rings. The summed E-state index contributed by atoms with van der Waals surface area (Å²) >= 11 is 8.33. The molecule has 0 heterocycles. The predicted octanol–water partition coefficient (Wildman–Crippen LogP) is -0.812. The Bertz CT molecular complexity index is 102. The van der Waals surface area contributed by atoms with Gasteiger partial charge in [-0.05, 0) is 5.10 Å². The van der Waals surface area contributed by atoms with E-state index in [0.29, 0.717) is 0 Å². The van der Waals surface area contributed by atoms with Crippen molar-refractivity contribution in [3.63, 3.8) is 0 Å². The van der Waals surface area contributed by atoms with Crippen LogP contribution in [0.2, 0.25) is 0 Å². The van der Waals surface area contributed by atoms with Gasteiger partial charge in [0.1, 0.15) is 5.16 Å². The fraction of sp³-hybridized carbons (Fsp3) is 0. The van der Waals surface area contributed by atoms with Gasteiger partial charge in [0.25, 0.3) is 5.16 Å². The van der Waals surface area contributed by atoms with Gasteiger partial charge in [-0.3, -0.25) is 0 Å². The van der Waals surface area contributed by atoms with Gasteiger partial charge >= 0.3 is 0 Å². The van der Waals surface area contributed by atoms with Crippen LogP contribution in [0.5, 0.6) is 0 Å². The molecule has 2 nitrogen and oxygen atoms in total. The van der Waals surface area contributed by atoms with Gasteiger partial charge in [0.05, 0.1) is 5.10 Å². The topological polar surface area (TPSA) is 26.3 Å². The molecule has 0 spiro atoms. The third kappa shape index (κ3) is 3.60. The first-order valence-electron chi connectivity index (χ1n) is 1.11. The van der Waals surface area contributed by atoms with Crippen molar-refractivity contribution in [1.82, 2.24) is 0 Å². The molecule has 0 fully saturated rings. The zero-order chi connectivity index (χ0) is 4.83. The maximum atomic E-state index is 4.18. The van der Waals surface area contributed by atoms with Crippen LogP contribution in [-0.4, -0.2) is 10.3 Å². The lowest BCUT2D eigenvalue weighted by molar-refractivity contribution is -0.451. The summed E-state index contributed by atoms with van der Waals surface area (Å²) in [6.07, 6.45) is 0. The monoisotopic (exact) mass is 117 g/mol. The molecule has 1 N–H and O–H groups in total. The van der Waals surface area contributed by atoms with Gasteiger partial charge in [0.2, 0.25) is 0 Å². The highest BCUT2D eigenvalue weighted by Gasteiger charge is 1.53. The quantitative estimate of drug-likeness (QED) is 0.276. The Labute approximate surface area is 45.6 Å². The second-order valence-corrected chi connectivity index (χ2v) is 0.804. The van der Waals surface area contributed by atoms with Crippen molar-refractivity contribution in [1.29, 1.82) is 0 Å². The number of hydrogen-bond donors (Lipinski definition) is 1. The van der Waals surface area contributed by atoms with Gasteiger partial charge in [-0.2, -0.15) is 0 Å². The van der Waals surface area contributed by atoms with E-state index in [1.54, 1.807) is 0 Å². The van der Waals surface area contributed by atoms with Crippen LogP contribution in [0, 0.1) is 0 Å². The van der Waals surface area contributed by atoms with Crippen molar-refractivity contribution < 1.29 is 5.10 Å². The summed E-state index contributed by atoms with van der Waals surface area (Å²) < 4.78 is 0. The summed E-state index contributed by atoms with van der Waals surface area (Å²) in [7, 11) is 0. The first-order valence-corrected chi connectivity index (χ1v) is 1.92. The number of nitrogens with one attached hydrogen (secondary N) is 1. The highest BCUT2D eigenvalue weighted by Crippen LogP contribution is 1.27. The number of isothiocyanates is 2. The van der Waals surface area contributed by atoms with E-state index >= 15 is 0 Å². The molecule has 0 unspecified atom stereocenters. The molecule has 0 rings (SSSR count). The summed E-state index contributed by atoms with van der Waals surface area (Å²) in [5.41, 5.74) is 0. The first-order chi connectivity index (χ1) is 2.91. The third-order valence-corrected chi connectivity index (χ3v) is 0.330. The van der Waals surface area contributed by atoms with Gasteiger partial charge in [0, 0.05) is 24.4 Å². The Morgan fingerprint density at radius 1 is 1.50 bits per heavy atom. The van der Waals surface area contributed by atoms with Gasteiger partial charge < -0.3 is 0 Å². The van der Waals surface area contributed by atoms with E-state index < -0.39 is 0 Å². The molecule has 0 bridgehead atoms. The summed E-state index contributed by atoms with van der Waals surface area (Å²) in [6, 6.07) is 0. The number of hydrogen-bond acceptors (Lipinski definition) is 3. The van der Waals surface area contributed by atoms with Gasteiger partial charge in [0.15, 0.2) is 0 Å². The van der Waals surface area contributed by atoms with Crippen LogP contribution in [0.15, 0.2) is 5.10 Å². The molecule has 6 heavy (non-hydrogen) atoms. The van der Waals surface area contributed by atoms with Gasteiger partial charge in [-0.1, -0.05) is 0 Å². The Balaban J connectivity index is 3.64. The van der Waals surface area contributed by atoms with Crippen LogP contribution < -0.4 is 5.10 Å². The minimum atomic E-state index is 2.04. The first kappa shape index (κ1) is 5.60. The highest BCUT2D eigenvalue weighted by molar-refractivity contribution is 7.78. The predicted molar refractivity (Wildman–Crippen MR) is 28.6 cm³/mol. The number of hydrazone groups is 1. The molecule has 0 aromatic carbocycles. The zero-order valence-electron chi connectivity index (χ0n) is 2.76. The van der Waals surface area contributed by atoms with Crippen molar-refractivity contribution in [2.45, 2.75) is 0 Å².